The number of nitrogens with zero attached hydrogens (tertiary/aromatic N) is 1. The summed E-state index contributed by atoms with van der Waals surface area (Å²) in [6.45, 7) is 3.00. The standard InChI is InChI=1S/C23H21Br2NO5S2/c1-2-30-18-11-15(10-17(25)21(18)31-13-14-5-7-16(24)8-6-14)12-19-22(29)26(23(32)33-19)9-3-4-20(27)28/h5-8,10-12H,2-4,9,13H2,1H3,(H,27,28)/b19-12+. The lowest BCUT2D eigenvalue weighted by Gasteiger charge is -2.15. The first kappa shape index (κ1) is 25.7. The zero-order chi connectivity index (χ0) is 24.0. The van der Waals surface area contributed by atoms with Crippen LogP contribution in [0.2, 0.25) is 0 Å². The molecule has 174 valence electrons. The molecule has 33 heavy (non-hydrogen) atoms. The van der Waals surface area contributed by atoms with Crippen molar-refractivity contribution < 1.29 is 24.2 Å². The molecule has 0 radical (unpaired) electrons. The molecule has 0 saturated carbocycles. The number of carboxylic acids is 1. The molecule has 0 atom stereocenters. The summed E-state index contributed by atoms with van der Waals surface area (Å²) in [5.41, 5.74) is 1.77. The average Bonchev–Trinajstić information content (AvgIpc) is 3.01. The van der Waals surface area contributed by atoms with Crippen LogP contribution in [0.1, 0.15) is 30.9 Å². The molecule has 1 aliphatic heterocycles. The van der Waals surface area contributed by atoms with Gasteiger partial charge in [0.25, 0.3) is 5.91 Å². The normalized spacial score (nSPS) is 14.8. The van der Waals surface area contributed by atoms with Crippen molar-refractivity contribution in [2.45, 2.75) is 26.4 Å². The summed E-state index contributed by atoms with van der Waals surface area (Å²) >= 11 is 13.5. The highest BCUT2D eigenvalue weighted by Gasteiger charge is 2.31. The maximum absolute atomic E-state index is 12.8. The van der Waals surface area contributed by atoms with Gasteiger partial charge in [-0.05, 0) is 70.7 Å². The number of thioether (sulfide) groups is 1. The van der Waals surface area contributed by atoms with Gasteiger partial charge in [-0.2, -0.15) is 0 Å². The highest BCUT2D eigenvalue weighted by atomic mass is 79.9. The molecule has 0 aliphatic carbocycles. The molecule has 0 spiro atoms. The van der Waals surface area contributed by atoms with Gasteiger partial charge < -0.3 is 14.6 Å². The largest absolute Gasteiger partial charge is 0.490 e. The molecule has 1 heterocycles. The van der Waals surface area contributed by atoms with Crippen LogP contribution in [0.25, 0.3) is 6.08 Å². The molecular formula is C23H21Br2NO5S2. The van der Waals surface area contributed by atoms with Crippen molar-refractivity contribution in [3.05, 3.63) is 61.4 Å². The van der Waals surface area contributed by atoms with Gasteiger partial charge in [0.05, 0.1) is 16.0 Å². The summed E-state index contributed by atoms with van der Waals surface area (Å²) in [5, 5.41) is 8.82. The van der Waals surface area contributed by atoms with Gasteiger partial charge in [0, 0.05) is 17.4 Å². The Balaban J connectivity index is 1.78. The number of rotatable bonds is 10. The van der Waals surface area contributed by atoms with Crippen molar-refractivity contribution in [2.75, 3.05) is 13.2 Å². The van der Waals surface area contributed by atoms with Gasteiger partial charge >= 0.3 is 5.97 Å². The summed E-state index contributed by atoms with van der Waals surface area (Å²) in [6.07, 6.45) is 2.09. The fourth-order valence-electron chi connectivity index (χ4n) is 3.04. The number of halogens is 2. The van der Waals surface area contributed by atoms with E-state index in [4.69, 9.17) is 26.8 Å². The number of hydrogen-bond donors (Lipinski definition) is 1. The maximum atomic E-state index is 12.8. The second-order valence-electron chi connectivity index (χ2n) is 7.01. The number of carboxylic acid groups (broad SMARTS) is 1. The van der Waals surface area contributed by atoms with Crippen molar-refractivity contribution in [2.24, 2.45) is 0 Å². The van der Waals surface area contributed by atoms with Crippen LogP contribution in [0.5, 0.6) is 11.5 Å². The van der Waals surface area contributed by atoms with Crippen molar-refractivity contribution in [1.82, 2.24) is 4.90 Å². The van der Waals surface area contributed by atoms with E-state index in [2.05, 4.69) is 31.9 Å². The van der Waals surface area contributed by atoms with E-state index in [0.717, 1.165) is 15.6 Å². The Morgan fingerprint density at radius 1 is 1.21 bits per heavy atom. The van der Waals surface area contributed by atoms with Crippen LogP contribution in [0.4, 0.5) is 0 Å². The predicted molar refractivity (Wildman–Crippen MR) is 141 cm³/mol. The van der Waals surface area contributed by atoms with Gasteiger partial charge in [0.2, 0.25) is 0 Å². The third kappa shape index (κ3) is 7.05. The number of thiocarbonyl (C=S) groups is 1. The van der Waals surface area contributed by atoms with Crippen LogP contribution >= 0.6 is 55.8 Å². The Morgan fingerprint density at radius 3 is 2.61 bits per heavy atom. The maximum Gasteiger partial charge on any atom is 0.303 e. The number of hydrogen-bond acceptors (Lipinski definition) is 6. The molecule has 1 N–H and O–H groups in total. The van der Waals surface area contributed by atoms with Crippen molar-refractivity contribution >= 4 is 78.1 Å². The van der Waals surface area contributed by atoms with E-state index in [-0.39, 0.29) is 18.9 Å². The zero-order valence-corrected chi connectivity index (χ0v) is 22.5. The van der Waals surface area contributed by atoms with Crippen LogP contribution < -0.4 is 9.47 Å². The van der Waals surface area contributed by atoms with E-state index in [1.54, 1.807) is 6.08 Å². The molecule has 0 aromatic heterocycles. The molecule has 1 saturated heterocycles. The Bertz CT molecular complexity index is 1090. The van der Waals surface area contributed by atoms with Crippen LogP contribution in [0.3, 0.4) is 0 Å². The van der Waals surface area contributed by atoms with Gasteiger partial charge in [0.1, 0.15) is 10.9 Å². The summed E-state index contributed by atoms with van der Waals surface area (Å²) in [6, 6.07) is 11.5. The van der Waals surface area contributed by atoms with Crippen molar-refractivity contribution in [1.29, 1.82) is 0 Å². The van der Waals surface area contributed by atoms with Gasteiger partial charge in [0.15, 0.2) is 11.5 Å². The van der Waals surface area contributed by atoms with E-state index < -0.39 is 5.97 Å². The first-order valence-electron chi connectivity index (χ1n) is 10.1. The van der Waals surface area contributed by atoms with E-state index in [0.29, 0.717) is 44.8 Å². The zero-order valence-electron chi connectivity index (χ0n) is 17.7. The van der Waals surface area contributed by atoms with Gasteiger partial charge in [-0.25, -0.2) is 0 Å². The molecule has 10 heteroatoms. The molecule has 2 aromatic rings. The topological polar surface area (TPSA) is 76.1 Å². The number of ether oxygens (including phenoxy) is 2. The molecular weight excluding hydrogens is 594 g/mol. The lowest BCUT2D eigenvalue weighted by Crippen LogP contribution is -2.29. The first-order chi connectivity index (χ1) is 15.8. The second-order valence-corrected chi connectivity index (χ2v) is 10.5. The summed E-state index contributed by atoms with van der Waals surface area (Å²) in [5.74, 6) is 0.0251. The minimum atomic E-state index is -0.897. The van der Waals surface area contributed by atoms with Crippen molar-refractivity contribution in [3.8, 4) is 11.5 Å². The fourth-order valence-corrected chi connectivity index (χ4v) is 5.19. The lowest BCUT2D eigenvalue weighted by molar-refractivity contribution is -0.137. The van der Waals surface area contributed by atoms with Crippen LogP contribution in [-0.2, 0) is 16.2 Å². The molecule has 0 bridgehead atoms. The molecule has 0 unspecified atom stereocenters. The Labute approximate surface area is 218 Å². The van der Waals surface area contributed by atoms with Crippen LogP contribution in [0.15, 0.2) is 50.2 Å². The number of benzene rings is 2. The number of aliphatic carboxylic acids is 1. The molecule has 3 rings (SSSR count). The summed E-state index contributed by atoms with van der Waals surface area (Å²) in [7, 11) is 0. The lowest BCUT2D eigenvalue weighted by atomic mass is 10.1. The van der Waals surface area contributed by atoms with Crippen LogP contribution in [-0.4, -0.2) is 39.4 Å². The quantitative estimate of drug-likeness (QED) is 0.250. The van der Waals surface area contributed by atoms with E-state index >= 15 is 0 Å². The Morgan fingerprint density at radius 2 is 1.94 bits per heavy atom. The van der Waals surface area contributed by atoms with E-state index in [9.17, 15) is 9.59 Å². The minimum Gasteiger partial charge on any atom is -0.490 e. The number of carbonyl (C=O) groups is 2. The molecule has 2 aromatic carbocycles. The second kappa shape index (κ2) is 12.0. The predicted octanol–water partition coefficient (Wildman–Crippen LogP) is 6.26. The molecule has 6 nitrogen and oxygen atoms in total. The third-order valence-electron chi connectivity index (χ3n) is 4.57. The summed E-state index contributed by atoms with van der Waals surface area (Å²) in [4.78, 5) is 25.4. The Kier molecular flexibility index (Phi) is 9.37. The number of carbonyl (C=O) groups excluding carboxylic acids is 1. The Hall–Kier alpha value is -1.88. The summed E-state index contributed by atoms with van der Waals surface area (Å²) < 4.78 is 14.0. The average molecular weight is 615 g/mol. The van der Waals surface area contributed by atoms with Gasteiger partial charge in [-0.3, -0.25) is 14.5 Å². The van der Waals surface area contributed by atoms with Crippen molar-refractivity contribution in [3.63, 3.8) is 0 Å². The fraction of sp³-hybridized carbons (Fsp3) is 0.261. The smallest absolute Gasteiger partial charge is 0.303 e. The monoisotopic (exact) mass is 613 g/mol. The molecule has 1 amide bonds. The van der Waals surface area contributed by atoms with E-state index in [1.165, 1.54) is 16.7 Å². The minimum absolute atomic E-state index is 0.0114. The van der Waals surface area contributed by atoms with Crippen LogP contribution in [0, 0.1) is 0 Å². The first-order valence-corrected chi connectivity index (χ1v) is 12.9. The van der Waals surface area contributed by atoms with Gasteiger partial charge in [-0.1, -0.05) is 52.0 Å². The SMILES string of the molecule is CCOc1cc(/C=C2/SC(=S)N(CCCC(=O)O)C2=O)cc(Br)c1OCc1ccc(Br)cc1. The highest BCUT2D eigenvalue weighted by molar-refractivity contribution is 9.10. The number of amides is 1. The van der Waals surface area contributed by atoms with Gasteiger partial charge in [-0.15, -0.1) is 0 Å². The molecule has 1 aliphatic rings. The van der Waals surface area contributed by atoms with E-state index in [1.807, 2.05) is 43.3 Å². The third-order valence-corrected chi connectivity index (χ3v) is 7.07. The highest BCUT2D eigenvalue weighted by Crippen LogP contribution is 2.40. The molecule has 1 fully saturated rings.